The number of hydrogen-bond donors (Lipinski definition) is 0. The molecule has 1 aliphatic heterocycles. The molecule has 0 bridgehead atoms. The fraction of sp³-hybridized carbons (Fsp3) is 0.700. The van der Waals surface area contributed by atoms with Gasteiger partial charge in [-0.2, -0.15) is 0 Å². The van der Waals surface area contributed by atoms with Crippen LogP contribution in [0.15, 0.2) is 12.2 Å². The molecule has 0 aromatic heterocycles. The number of ether oxygens (including phenoxy) is 4. The SMILES string of the molecule is COC(=O)OC1C=CC2OC(C)(C)OC12. The Hall–Kier alpha value is -1.07. The van der Waals surface area contributed by atoms with Crippen molar-refractivity contribution in [1.29, 1.82) is 0 Å². The average molecular weight is 214 g/mol. The van der Waals surface area contributed by atoms with Crippen LogP contribution in [0.1, 0.15) is 13.8 Å². The summed E-state index contributed by atoms with van der Waals surface area (Å²) in [5.74, 6) is -0.627. The van der Waals surface area contributed by atoms with E-state index < -0.39 is 18.0 Å². The molecule has 0 saturated carbocycles. The van der Waals surface area contributed by atoms with Gasteiger partial charge >= 0.3 is 6.16 Å². The third-order valence-corrected chi connectivity index (χ3v) is 2.38. The predicted molar refractivity (Wildman–Crippen MR) is 50.2 cm³/mol. The first-order valence-corrected chi connectivity index (χ1v) is 4.80. The first kappa shape index (κ1) is 10.4. The van der Waals surface area contributed by atoms with Gasteiger partial charge < -0.3 is 18.9 Å². The van der Waals surface area contributed by atoms with Crippen molar-refractivity contribution >= 4 is 6.16 Å². The topological polar surface area (TPSA) is 54.0 Å². The fourth-order valence-electron chi connectivity index (χ4n) is 1.81. The molecule has 5 heteroatoms. The maximum absolute atomic E-state index is 10.9. The molecule has 84 valence electrons. The quantitative estimate of drug-likeness (QED) is 0.485. The molecule has 3 unspecified atom stereocenters. The van der Waals surface area contributed by atoms with Gasteiger partial charge in [0.05, 0.1) is 7.11 Å². The summed E-state index contributed by atoms with van der Waals surface area (Å²) in [7, 11) is 1.27. The van der Waals surface area contributed by atoms with Crippen LogP contribution in [0.4, 0.5) is 4.79 Å². The number of fused-ring (bicyclic) bond motifs is 1. The predicted octanol–water partition coefficient (Wildman–Crippen LogP) is 1.23. The van der Waals surface area contributed by atoms with Crippen LogP contribution < -0.4 is 0 Å². The van der Waals surface area contributed by atoms with E-state index in [2.05, 4.69) is 4.74 Å². The van der Waals surface area contributed by atoms with Crippen LogP contribution >= 0.6 is 0 Å². The van der Waals surface area contributed by atoms with Gasteiger partial charge in [0.2, 0.25) is 0 Å². The molecule has 0 amide bonds. The molecule has 15 heavy (non-hydrogen) atoms. The Morgan fingerprint density at radius 1 is 1.33 bits per heavy atom. The van der Waals surface area contributed by atoms with E-state index in [0.29, 0.717) is 0 Å². The standard InChI is InChI=1S/C10H14O5/c1-10(2)14-7-5-4-6(8(7)15-10)13-9(11)12-3/h4-8H,1-3H3. The van der Waals surface area contributed by atoms with E-state index in [4.69, 9.17) is 14.2 Å². The molecule has 0 N–H and O–H groups in total. The molecule has 0 spiro atoms. The number of carbonyl (C=O) groups is 1. The molecule has 5 nitrogen and oxygen atoms in total. The second-order valence-electron chi connectivity index (χ2n) is 3.99. The van der Waals surface area contributed by atoms with E-state index in [1.54, 1.807) is 6.08 Å². The summed E-state index contributed by atoms with van der Waals surface area (Å²) in [5.41, 5.74) is 0. The van der Waals surface area contributed by atoms with Crippen molar-refractivity contribution in [3.8, 4) is 0 Å². The zero-order valence-corrected chi connectivity index (χ0v) is 8.93. The molecule has 1 heterocycles. The van der Waals surface area contributed by atoms with Crippen LogP contribution in [0.25, 0.3) is 0 Å². The lowest BCUT2D eigenvalue weighted by molar-refractivity contribution is -0.153. The highest BCUT2D eigenvalue weighted by Gasteiger charge is 2.47. The molecule has 2 aliphatic rings. The van der Waals surface area contributed by atoms with E-state index >= 15 is 0 Å². The second kappa shape index (κ2) is 3.50. The molecular formula is C10H14O5. The largest absolute Gasteiger partial charge is 0.508 e. The summed E-state index contributed by atoms with van der Waals surface area (Å²) in [6, 6.07) is 0. The lowest BCUT2D eigenvalue weighted by atomic mass is 10.2. The normalized spacial score (nSPS) is 36.3. The van der Waals surface area contributed by atoms with E-state index in [-0.39, 0.29) is 12.2 Å². The fourth-order valence-corrected chi connectivity index (χ4v) is 1.81. The Kier molecular flexibility index (Phi) is 2.44. The van der Waals surface area contributed by atoms with Crippen molar-refractivity contribution in [1.82, 2.24) is 0 Å². The Labute approximate surface area is 87.9 Å². The van der Waals surface area contributed by atoms with Crippen LogP contribution in [0.2, 0.25) is 0 Å². The minimum Gasteiger partial charge on any atom is -0.438 e. The van der Waals surface area contributed by atoms with Crippen LogP contribution in [0.5, 0.6) is 0 Å². The van der Waals surface area contributed by atoms with Gasteiger partial charge in [0.1, 0.15) is 12.2 Å². The second-order valence-corrected chi connectivity index (χ2v) is 3.99. The molecular weight excluding hydrogens is 200 g/mol. The summed E-state index contributed by atoms with van der Waals surface area (Å²) in [6.45, 7) is 3.66. The number of methoxy groups -OCH3 is 1. The number of rotatable bonds is 1. The molecule has 3 atom stereocenters. The van der Waals surface area contributed by atoms with Crippen molar-refractivity contribution in [3.05, 3.63) is 12.2 Å². The number of hydrogen-bond acceptors (Lipinski definition) is 5. The molecule has 0 aromatic carbocycles. The van der Waals surface area contributed by atoms with Crippen LogP contribution in [-0.4, -0.2) is 37.4 Å². The van der Waals surface area contributed by atoms with Gasteiger partial charge in [-0.05, 0) is 19.9 Å². The Bertz CT molecular complexity index is 296. The van der Waals surface area contributed by atoms with Crippen molar-refractivity contribution in [2.24, 2.45) is 0 Å². The highest BCUT2D eigenvalue weighted by atomic mass is 16.8. The van der Waals surface area contributed by atoms with E-state index in [1.165, 1.54) is 7.11 Å². The van der Waals surface area contributed by atoms with Gasteiger partial charge in [0.25, 0.3) is 0 Å². The highest BCUT2D eigenvalue weighted by Crippen LogP contribution is 2.35. The third kappa shape index (κ3) is 1.98. The molecule has 0 aromatic rings. The molecule has 2 rings (SSSR count). The van der Waals surface area contributed by atoms with Crippen LogP contribution in [0.3, 0.4) is 0 Å². The number of carbonyl (C=O) groups excluding carboxylic acids is 1. The van der Waals surface area contributed by atoms with Crippen molar-refractivity contribution in [2.75, 3.05) is 7.11 Å². The monoisotopic (exact) mass is 214 g/mol. The van der Waals surface area contributed by atoms with Crippen molar-refractivity contribution in [3.63, 3.8) is 0 Å². The minimum absolute atomic E-state index is 0.144. The van der Waals surface area contributed by atoms with Gasteiger partial charge in [-0.25, -0.2) is 4.79 Å². The molecule has 1 saturated heterocycles. The first-order valence-electron chi connectivity index (χ1n) is 4.80. The zero-order chi connectivity index (χ0) is 11.1. The minimum atomic E-state index is -0.710. The Balaban J connectivity index is 2.00. The van der Waals surface area contributed by atoms with E-state index in [1.807, 2.05) is 19.9 Å². The van der Waals surface area contributed by atoms with Gasteiger partial charge in [-0.3, -0.25) is 0 Å². The summed E-state index contributed by atoms with van der Waals surface area (Å²) in [6.07, 6.45) is 2.05. The van der Waals surface area contributed by atoms with Gasteiger partial charge in [0, 0.05) is 0 Å². The van der Waals surface area contributed by atoms with Crippen molar-refractivity contribution in [2.45, 2.75) is 37.9 Å². The van der Waals surface area contributed by atoms with E-state index in [9.17, 15) is 4.79 Å². The molecule has 1 fully saturated rings. The molecule has 1 aliphatic carbocycles. The zero-order valence-electron chi connectivity index (χ0n) is 8.93. The Morgan fingerprint density at radius 3 is 2.73 bits per heavy atom. The highest BCUT2D eigenvalue weighted by molar-refractivity contribution is 5.60. The average Bonchev–Trinajstić information content (AvgIpc) is 2.63. The van der Waals surface area contributed by atoms with Gasteiger partial charge in [-0.1, -0.05) is 6.08 Å². The molecule has 0 radical (unpaired) electrons. The maximum atomic E-state index is 10.9. The van der Waals surface area contributed by atoms with Crippen LogP contribution in [-0.2, 0) is 18.9 Å². The Morgan fingerprint density at radius 2 is 2.07 bits per heavy atom. The summed E-state index contributed by atoms with van der Waals surface area (Å²) >= 11 is 0. The first-order chi connectivity index (χ1) is 7.02. The maximum Gasteiger partial charge on any atom is 0.508 e. The summed E-state index contributed by atoms with van der Waals surface area (Å²) in [5, 5.41) is 0. The van der Waals surface area contributed by atoms with E-state index in [0.717, 1.165) is 0 Å². The van der Waals surface area contributed by atoms with Gasteiger partial charge in [-0.15, -0.1) is 0 Å². The van der Waals surface area contributed by atoms with Gasteiger partial charge in [0.15, 0.2) is 11.9 Å². The summed E-state index contributed by atoms with van der Waals surface area (Å²) in [4.78, 5) is 10.9. The smallest absolute Gasteiger partial charge is 0.438 e. The van der Waals surface area contributed by atoms with Crippen molar-refractivity contribution < 1.29 is 23.7 Å². The lowest BCUT2D eigenvalue weighted by Gasteiger charge is -2.20. The third-order valence-electron chi connectivity index (χ3n) is 2.38. The summed E-state index contributed by atoms with van der Waals surface area (Å²) < 4.78 is 20.6. The van der Waals surface area contributed by atoms with Crippen LogP contribution in [0, 0.1) is 0 Å². The lowest BCUT2D eigenvalue weighted by Crippen LogP contribution is -2.32.